The first-order chi connectivity index (χ1) is 8.11. The van der Waals surface area contributed by atoms with Crippen molar-refractivity contribution in [2.75, 3.05) is 24.6 Å². The molecule has 1 saturated heterocycles. The number of furan rings is 1. The molecular formula is C11H18N2O3S. The molecule has 0 saturated carbocycles. The minimum absolute atomic E-state index is 0.0775. The Morgan fingerprint density at radius 1 is 1.53 bits per heavy atom. The Balaban J connectivity index is 2.02. The third-order valence-electron chi connectivity index (χ3n) is 3.08. The van der Waals surface area contributed by atoms with Gasteiger partial charge in [0.15, 0.2) is 9.84 Å². The lowest BCUT2D eigenvalue weighted by molar-refractivity contribution is 0.193. The van der Waals surface area contributed by atoms with E-state index in [1.807, 2.05) is 12.1 Å². The highest BCUT2D eigenvalue weighted by molar-refractivity contribution is 7.91. The molecule has 2 rings (SSSR count). The molecular weight excluding hydrogens is 240 g/mol. The lowest BCUT2D eigenvalue weighted by Crippen LogP contribution is -2.39. The van der Waals surface area contributed by atoms with Crippen molar-refractivity contribution in [1.82, 2.24) is 4.90 Å². The van der Waals surface area contributed by atoms with E-state index in [0.717, 1.165) is 5.76 Å². The van der Waals surface area contributed by atoms with E-state index in [2.05, 4.69) is 4.90 Å². The zero-order chi connectivity index (χ0) is 12.3. The van der Waals surface area contributed by atoms with Crippen LogP contribution in [0.5, 0.6) is 0 Å². The maximum atomic E-state index is 11.5. The maximum Gasteiger partial charge on any atom is 0.151 e. The third-order valence-corrected chi connectivity index (χ3v) is 4.83. The molecule has 0 spiro atoms. The van der Waals surface area contributed by atoms with Gasteiger partial charge < -0.3 is 10.2 Å². The van der Waals surface area contributed by atoms with E-state index < -0.39 is 9.84 Å². The molecule has 1 atom stereocenters. The fourth-order valence-electron chi connectivity index (χ4n) is 2.22. The molecule has 1 aromatic rings. The van der Waals surface area contributed by atoms with Gasteiger partial charge in [0.25, 0.3) is 0 Å². The molecule has 96 valence electrons. The van der Waals surface area contributed by atoms with Crippen LogP contribution in [0.1, 0.15) is 12.2 Å². The number of sulfone groups is 1. The van der Waals surface area contributed by atoms with E-state index in [4.69, 9.17) is 10.2 Å². The average Bonchev–Trinajstić information content (AvgIpc) is 2.87. The van der Waals surface area contributed by atoms with E-state index in [1.54, 1.807) is 6.26 Å². The van der Waals surface area contributed by atoms with Gasteiger partial charge in [0.1, 0.15) is 5.76 Å². The summed E-state index contributed by atoms with van der Waals surface area (Å²) in [7, 11) is -2.85. The summed E-state index contributed by atoms with van der Waals surface area (Å²) < 4.78 is 28.2. The summed E-state index contributed by atoms with van der Waals surface area (Å²) in [5, 5.41) is 0. The predicted molar refractivity (Wildman–Crippen MR) is 65.2 cm³/mol. The minimum atomic E-state index is -2.85. The van der Waals surface area contributed by atoms with Crippen LogP contribution in [0.15, 0.2) is 22.8 Å². The second-order valence-corrected chi connectivity index (χ2v) is 6.62. The van der Waals surface area contributed by atoms with Crippen LogP contribution in [0, 0.1) is 0 Å². The van der Waals surface area contributed by atoms with Gasteiger partial charge in [-0.05, 0) is 18.6 Å². The van der Waals surface area contributed by atoms with Crippen LogP contribution >= 0.6 is 0 Å². The summed E-state index contributed by atoms with van der Waals surface area (Å²) in [6.45, 7) is 1.85. The Labute approximate surface area is 101 Å². The lowest BCUT2D eigenvalue weighted by Gasteiger charge is -2.26. The SMILES string of the molecule is NCCN(Cc1ccco1)C1CCS(=O)(=O)C1. The molecule has 1 aliphatic rings. The molecule has 0 aliphatic carbocycles. The molecule has 2 heterocycles. The highest BCUT2D eigenvalue weighted by atomic mass is 32.2. The van der Waals surface area contributed by atoms with E-state index in [0.29, 0.717) is 26.1 Å². The molecule has 0 radical (unpaired) electrons. The molecule has 1 aliphatic heterocycles. The molecule has 1 aromatic heterocycles. The Morgan fingerprint density at radius 2 is 2.35 bits per heavy atom. The summed E-state index contributed by atoms with van der Waals surface area (Å²) >= 11 is 0. The molecule has 0 amide bonds. The summed E-state index contributed by atoms with van der Waals surface area (Å²) in [6.07, 6.45) is 2.32. The van der Waals surface area contributed by atoms with Crippen LogP contribution in [0.25, 0.3) is 0 Å². The van der Waals surface area contributed by atoms with Gasteiger partial charge >= 0.3 is 0 Å². The fraction of sp³-hybridized carbons (Fsp3) is 0.636. The minimum Gasteiger partial charge on any atom is -0.468 e. The number of nitrogens with zero attached hydrogens (tertiary/aromatic N) is 1. The van der Waals surface area contributed by atoms with Gasteiger partial charge in [-0.25, -0.2) is 8.42 Å². The molecule has 17 heavy (non-hydrogen) atoms. The van der Waals surface area contributed by atoms with Crippen molar-refractivity contribution in [3.8, 4) is 0 Å². The second kappa shape index (κ2) is 5.20. The van der Waals surface area contributed by atoms with Gasteiger partial charge in [0, 0.05) is 19.1 Å². The number of rotatable bonds is 5. The van der Waals surface area contributed by atoms with Crippen molar-refractivity contribution in [3.63, 3.8) is 0 Å². The first-order valence-corrected chi connectivity index (χ1v) is 7.60. The molecule has 1 unspecified atom stereocenters. The summed E-state index contributed by atoms with van der Waals surface area (Å²) in [6, 6.07) is 3.81. The van der Waals surface area contributed by atoms with Crippen molar-refractivity contribution < 1.29 is 12.8 Å². The summed E-state index contributed by atoms with van der Waals surface area (Å²) in [5.74, 6) is 1.38. The number of hydrogen-bond donors (Lipinski definition) is 1. The average molecular weight is 258 g/mol. The predicted octanol–water partition coefficient (Wildman–Crippen LogP) is 0.227. The molecule has 2 N–H and O–H groups in total. The Bertz CT molecular complexity index is 441. The van der Waals surface area contributed by atoms with Crippen LogP contribution in [0.4, 0.5) is 0 Å². The van der Waals surface area contributed by atoms with Crippen molar-refractivity contribution in [1.29, 1.82) is 0 Å². The normalized spacial score (nSPS) is 23.3. The first kappa shape index (κ1) is 12.6. The molecule has 6 heteroatoms. The zero-order valence-electron chi connectivity index (χ0n) is 9.71. The second-order valence-electron chi connectivity index (χ2n) is 4.40. The molecule has 0 aromatic carbocycles. The zero-order valence-corrected chi connectivity index (χ0v) is 10.5. The fourth-order valence-corrected chi connectivity index (χ4v) is 3.98. The van der Waals surface area contributed by atoms with E-state index in [1.165, 1.54) is 0 Å². The van der Waals surface area contributed by atoms with Crippen molar-refractivity contribution in [3.05, 3.63) is 24.2 Å². The maximum absolute atomic E-state index is 11.5. The van der Waals surface area contributed by atoms with Crippen LogP contribution in [0.3, 0.4) is 0 Å². The Morgan fingerprint density at radius 3 is 2.88 bits per heavy atom. The van der Waals surface area contributed by atoms with Gasteiger partial charge in [-0.15, -0.1) is 0 Å². The monoisotopic (exact) mass is 258 g/mol. The van der Waals surface area contributed by atoms with E-state index in [-0.39, 0.29) is 17.5 Å². The van der Waals surface area contributed by atoms with Gasteiger partial charge in [0.05, 0.1) is 24.3 Å². The van der Waals surface area contributed by atoms with E-state index >= 15 is 0 Å². The van der Waals surface area contributed by atoms with Crippen molar-refractivity contribution >= 4 is 9.84 Å². The highest BCUT2D eigenvalue weighted by Gasteiger charge is 2.32. The number of hydrogen-bond acceptors (Lipinski definition) is 5. The lowest BCUT2D eigenvalue weighted by atomic mass is 10.2. The first-order valence-electron chi connectivity index (χ1n) is 5.77. The summed E-state index contributed by atoms with van der Waals surface area (Å²) in [5.41, 5.74) is 5.57. The van der Waals surface area contributed by atoms with Gasteiger partial charge in [-0.1, -0.05) is 0 Å². The molecule has 1 fully saturated rings. The molecule has 0 bridgehead atoms. The topological polar surface area (TPSA) is 76.5 Å². The number of nitrogens with two attached hydrogens (primary N) is 1. The van der Waals surface area contributed by atoms with Crippen LogP contribution in [-0.2, 0) is 16.4 Å². The van der Waals surface area contributed by atoms with Gasteiger partial charge in [-0.2, -0.15) is 0 Å². The van der Waals surface area contributed by atoms with Crippen LogP contribution < -0.4 is 5.73 Å². The van der Waals surface area contributed by atoms with Crippen LogP contribution in [0.2, 0.25) is 0 Å². The van der Waals surface area contributed by atoms with E-state index in [9.17, 15) is 8.42 Å². The van der Waals surface area contributed by atoms with Gasteiger partial charge in [-0.3, -0.25) is 4.90 Å². The van der Waals surface area contributed by atoms with Crippen molar-refractivity contribution in [2.24, 2.45) is 5.73 Å². The smallest absolute Gasteiger partial charge is 0.151 e. The van der Waals surface area contributed by atoms with Crippen LogP contribution in [-0.4, -0.2) is 44.0 Å². The summed E-state index contributed by atoms with van der Waals surface area (Å²) in [4.78, 5) is 2.10. The Kier molecular flexibility index (Phi) is 3.86. The molecule has 5 nitrogen and oxygen atoms in total. The third kappa shape index (κ3) is 3.31. The van der Waals surface area contributed by atoms with Gasteiger partial charge in [0.2, 0.25) is 0 Å². The standard InChI is InChI=1S/C11H18N2O3S/c12-4-5-13(8-11-2-1-6-16-11)10-3-7-17(14,15)9-10/h1-2,6,10H,3-5,7-9,12H2. The van der Waals surface area contributed by atoms with Crippen molar-refractivity contribution in [2.45, 2.75) is 19.0 Å². The Hall–Kier alpha value is -0.850. The highest BCUT2D eigenvalue weighted by Crippen LogP contribution is 2.19. The largest absolute Gasteiger partial charge is 0.468 e. The quantitative estimate of drug-likeness (QED) is 0.818.